The van der Waals surface area contributed by atoms with E-state index in [4.69, 9.17) is 5.73 Å². The van der Waals surface area contributed by atoms with Gasteiger partial charge in [-0.2, -0.15) is 0 Å². The predicted molar refractivity (Wildman–Crippen MR) is 130 cm³/mol. The van der Waals surface area contributed by atoms with Crippen molar-refractivity contribution in [2.45, 2.75) is 56.6 Å². The molecular formula is C26H31N5O3. The van der Waals surface area contributed by atoms with Gasteiger partial charge in [-0.25, -0.2) is 9.97 Å². The number of pyridine rings is 1. The van der Waals surface area contributed by atoms with Crippen molar-refractivity contribution in [3.05, 3.63) is 64.7 Å². The highest BCUT2D eigenvalue weighted by Crippen LogP contribution is 2.39. The third kappa shape index (κ3) is 4.42. The molecule has 2 atom stereocenters. The van der Waals surface area contributed by atoms with Gasteiger partial charge < -0.3 is 15.7 Å². The van der Waals surface area contributed by atoms with Crippen LogP contribution in [0.3, 0.4) is 0 Å². The molecule has 3 N–H and O–H groups in total. The number of aromatic nitrogens is 3. The van der Waals surface area contributed by atoms with Crippen LogP contribution >= 0.6 is 0 Å². The summed E-state index contributed by atoms with van der Waals surface area (Å²) in [6, 6.07) is 13.6. The minimum atomic E-state index is -1.08. The summed E-state index contributed by atoms with van der Waals surface area (Å²) < 4.78 is 1.40. The number of carbonyl (C=O) groups excluding carboxylic acids is 1. The number of hydrogen-bond acceptors (Lipinski definition) is 6. The number of nitrogen functional groups attached to an aromatic ring is 1. The lowest BCUT2D eigenvalue weighted by Gasteiger charge is -2.41. The van der Waals surface area contributed by atoms with E-state index < -0.39 is 5.60 Å². The molecule has 1 aromatic carbocycles. The Balaban J connectivity index is 1.27. The zero-order chi connectivity index (χ0) is 23.7. The van der Waals surface area contributed by atoms with Crippen molar-refractivity contribution >= 4 is 22.8 Å². The van der Waals surface area contributed by atoms with Crippen LogP contribution in [0.2, 0.25) is 0 Å². The lowest BCUT2D eigenvalue weighted by atomic mass is 9.74. The van der Waals surface area contributed by atoms with E-state index in [-0.39, 0.29) is 41.2 Å². The number of anilines is 1. The Labute approximate surface area is 198 Å². The molecule has 5 rings (SSSR count). The predicted octanol–water partition coefficient (Wildman–Crippen LogP) is 2.70. The fourth-order valence-corrected chi connectivity index (χ4v) is 5.54. The maximum absolute atomic E-state index is 13.5. The van der Waals surface area contributed by atoms with Crippen molar-refractivity contribution in [2.24, 2.45) is 5.92 Å². The molecule has 1 saturated carbocycles. The average molecular weight is 462 g/mol. The fraction of sp³-hybridized carbons (Fsp3) is 0.462. The SMILES string of the molecule is Nc1ccc2ncn(CC3(O)CCN(C(=O)C4CCCCC4c4ccccc4)CC3)c(=O)c2n1. The standard InChI is InChI=1S/C26H31N5O3/c27-22-11-10-21-23(29-22)25(33)31(17-28-21)16-26(34)12-14-30(15-13-26)24(32)20-9-5-4-8-19(20)18-6-2-1-3-7-18/h1-3,6-7,10-11,17,19-20,34H,4-5,8-9,12-16H2,(H2,27,29). The van der Waals surface area contributed by atoms with Gasteiger partial charge in [0.05, 0.1) is 24.0 Å². The molecule has 1 aliphatic carbocycles. The van der Waals surface area contributed by atoms with Crippen LogP contribution in [0, 0.1) is 5.92 Å². The van der Waals surface area contributed by atoms with Crippen LogP contribution in [0.25, 0.3) is 11.0 Å². The van der Waals surface area contributed by atoms with Gasteiger partial charge in [-0.05, 0) is 49.3 Å². The van der Waals surface area contributed by atoms with Crippen LogP contribution < -0.4 is 11.3 Å². The van der Waals surface area contributed by atoms with Gasteiger partial charge >= 0.3 is 0 Å². The van der Waals surface area contributed by atoms with Gasteiger partial charge in [0.25, 0.3) is 5.56 Å². The van der Waals surface area contributed by atoms with Gasteiger partial charge in [-0.15, -0.1) is 0 Å². The summed E-state index contributed by atoms with van der Waals surface area (Å²) in [5, 5.41) is 11.2. The summed E-state index contributed by atoms with van der Waals surface area (Å²) in [5.41, 5.74) is 6.24. The number of aliphatic hydroxyl groups is 1. The molecule has 2 unspecified atom stereocenters. The molecular weight excluding hydrogens is 430 g/mol. The first-order chi connectivity index (χ1) is 16.4. The molecule has 1 aliphatic heterocycles. The number of fused-ring (bicyclic) bond motifs is 1. The topological polar surface area (TPSA) is 114 Å². The molecule has 178 valence electrons. The lowest BCUT2D eigenvalue weighted by Crippen LogP contribution is -2.51. The van der Waals surface area contributed by atoms with Gasteiger partial charge in [-0.3, -0.25) is 14.2 Å². The number of piperidine rings is 1. The smallest absolute Gasteiger partial charge is 0.280 e. The zero-order valence-corrected chi connectivity index (χ0v) is 19.3. The highest BCUT2D eigenvalue weighted by Gasteiger charge is 2.39. The first-order valence-corrected chi connectivity index (χ1v) is 12.1. The van der Waals surface area contributed by atoms with Gasteiger partial charge in [-0.1, -0.05) is 43.2 Å². The largest absolute Gasteiger partial charge is 0.388 e. The third-order valence-electron chi connectivity index (χ3n) is 7.48. The summed E-state index contributed by atoms with van der Waals surface area (Å²) in [4.78, 5) is 36.7. The van der Waals surface area contributed by atoms with Gasteiger partial charge in [0.2, 0.25) is 5.91 Å². The molecule has 34 heavy (non-hydrogen) atoms. The Morgan fingerprint density at radius 2 is 1.82 bits per heavy atom. The summed E-state index contributed by atoms with van der Waals surface area (Å²) in [5.74, 6) is 0.697. The van der Waals surface area contributed by atoms with Gasteiger partial charge in [0, 0.05) is 19.0 Å². The number of hydrogen-bond donors (Lipinski definition) is 2. The second-order valence-corrected chi connectivity index (χ2v) is 9.74. The Hall–Kier alpha value is -3.26. The fourth-order valence-electron chi connectivity index (χ4n) is 5.54. The van der Waals surface area contributed by atoms with Crippen LogP contribution in [0.4, 0.5) is 5.82 Å². The van der Waals surface area contributed by atoms with Crippen LogP contribution in [0.15, 0.2) is 53.6 Å². The molecule has 2 aliphatic rings. The maximum atomic E-state index is 13.5. The third-order valence-corrected chi connectivity index (χ3v) is 7.48. The van der Waals surface area contributed by atoms with Crippen molar-refractivity contribution in [1.82, 2.24) is 19.4 Å². The highest BCUT2D eigenvalue weighted by atomic mass is 16.3. The molecule has 1 amide bonds. The molecule has 2 aromatic heterocycles. The number of nitrogens with zero attached hydrogens (tertiary/aromatic N) is 4. The zero-order valence-electron chi connectivity index (χ0n) is 19.3. The van der Waals surface area contributed by atoms with E-state index >= 15 is 0 Å². The molecule has 8 nitrogen and oxygen atoms in total. The van der Waals surface area contributed by atoms with Crippen molar-refractivity contribution < 1.29 is 9.90 Å². The second kappa shape index (κ2) is 9.18. The van der Waals surface area contributed by atoms with Gasteiger partial charge in [0.1, 0.15) is 5.82 Å². The van der Waals surface area contributed by atoms with E-state index in [2.05, 4.69) is 22.1 Å². The molecule has 8 heteroatoms. The Kier molecular flexibility index (Phi) is 6.08. The van der Waals surface area contributed by atoms with Crippen molar-refractivity contribution in [1.29, 1.82) is 0 Å². The summed E-state index contributed by atoms with van der Waals surface area (Å²) in [6.07, 6.45) is 6.45. The molecule has 0 bridgehead atoms. The molecule has 3 heterocycles. The number of nitrogens with two attached hydrogens (primary N) is 1. The van der Waals surface area contributed by atoms with E-state index in [9.17, 15) is 14.7 Å². The van der Waals surface area contributed by atoms with Crippen LogP contribution in [-0.4, -0.2) is 49.1 Å². The molecule has 3 aromatic rings. The number of carbonyl (C=O) groups is 1. The number of benzene rings is 1. The first kappa shape index (κ1) is 22.5. The summed E-state index contributed by atoms with van der Waals surface area (Å²) >= 11 is 0. The summed E-state index contributed by atoms with van der Waals surface area (Å²) in [7, 11) is 0. The number of rotatable bonds is 4. The summed E-state index contributed by atoms with van der Waals surface area (Å²) in [6.45, 7) is 1.08. The van der Waals surface area contributed by atoms with E-state index in [0.717, 1.165) is 25.7 Å². The van der Waals surface area contributed by atoms with E-state index in [1.165, 1.54) is 16.5 Å². The van der Waals surface area contributed by atoms with Crippen molar-refractivity contribution in [3.63, 3.8) is 0 Å². The normalized spacial score (nSPS) is 22.6. The maximum Gasteiger partial charge on any atom is 0.280 e. The minimum absolute atomic E-state index is 0.00816. The van der Waals surface area contributed by atoms with Gasteiger partial charge in [0.15, 0.2) is 5.52 Å². The Morgan fingerprint density at radius 3 is 2.59 bits per heavy atom. The minimum Gasteiger partial charge on any atom is -0.388 e. The highest BCUT2D eigenvalue weighted by molar-refractivity contribution is 5.80. The van der Waals surface area contributed by atoms with E-state index in [0.29, 0.717) is 31.4 Å². The Bertz CT molecular complexity index is 1230. The average Bonchev–Trinajstić information content (AvgIpc) is 2.87. The lowest BCUT2D eigenvalue weighted by molar-refractivity contribution is -0.142. The van der Waals surface area contributed by atoms with E-state index in [1.54, 1.807) is 12.1 Å². The Morgan fingerprint density at radius 1 is 1.09 bits per heavy atom. The molecule has 2 fully saturated rings. The van der Waals surface area contributed by atoms with Crippen molar-refractivity contribution in [3.8, 4) is 0 Å². The van der Waals surface area contributed by atoms with Crippen LogP contribution in [0.1, 0.15) is 50.0 Å². The molecule has 0 radical (unpaired) electrons. The van der Waals surface area contributed by atoms with Crippen molar-refractivity contribution in [2.75, 3.05) is 18.8 Å². The number of amides is 1. The second-order valence-electron chi connectivity index (χ2n) is 9.74. The first-order valence-electron chi connectivity index (χ1n) is 12.1. The quantitative estimate of drug-likeness (QED) is 0.617. The number of likely N-dealkylation sites (tertiary alicyclic amines) is 1. The monoisotopic (exact) mass is 461 g/mol. The molecule has 1 saturated heterocycles. The van der Waals surface area contributed by atoms with Crippen LogP contribution in [-0.2, 0) is 11.3 Å². The van der Waals surface area contributed by atoms with E-state index in [1.807, 2.05) is 23.1 Å². The molecule has 0 spiro atoms. The van der Waals surface area contributed by atoms with Crippen LogP contribution in [0.5, 0.6) is 0 Å².